The van der Waals surface area contributed by atoms with Crippen LogP contribution in [0.25, 0.3) is 0 Å². The number of benzene rings is 2. The second-order valence-electron chi connectivity index (χ2n) is 5.41. The highest BCUT2D eigenvalue weighted by Gasteiger charge is 2.40. The van der Waals surface area contributed by atoms with Crippen molar-refractivity contribution in [1.82, 2.24) is 4.90 Å². The van der Waals surface area contributed by atoms with Gasteiger partial charge in [-0.05, 0) is 55.1 Å². The SMILES string of the molecule is CC(C(=O)Nc1ccc(SC#N)cc1)N1C(=O)c2ccccc2C1=O. The Labute approximate surface area is 148 Å². The average molecular weight is 351 g/mol. The maximum Gasteiger partial charge on any atom is 0.262 e. The van der Waals surface area contributed by atoms with E-state index in [4.69, 9.17) is 5.26 Å². The fraction of sp³-hybridized carbons (Fsp3) is 0.111. The molecule has 0 aromatic heterocycles. The maximum atomic E-state index is 12.4. The normalized spacial score (nSPS) is 14.0. The molecule has 0 radical (unpaired) electrons. The Balaban J connectivity index is 1.74. The number of carbonyl (C=O) groups is 3. The summed E-state index contributed by atoms with van der Waals surface area (Å²) in [7, 11) is 0. The monoisotopic (exact) mass is 351 g/mol. The van der Waals surface area contributed by atoms with Gasteiger partial charge >= 0.3 is 0 Å². The Morgan fingerprint density at radius 3 is 2.16 bits per heavy atom. The highest BCUT2D eigenvalue weighted by Crippen LogP contribution is 2.25. The van der Waals surface area contributed by atoms with Crippen molar-refractivity contribution >= 4 is 35.2 Å². The molecule has 1 aliphatic heterocycles. The lowest BCUT2D eigenvalue weighted by molar-refractivity contribution is -0.119. The summed E-state index contributed by atoms with van der Waals surface area (Å²) in [4.78, 5) is 39.0. The Morgan fingerprint density at radius 1 is 1.08 bits per heavy atom. The van der Waals surface area contributed by atoms with Crippen LogP contribution in [0.15, 0.2) is 53.4 Å². The van der Waals surface area contributed by atoms with Gasteiger partial charge in [0.15, 0.2) is 0 Å². The number of amides is 3. The van der Waals surface area contributed by atoms with Gasteiger partial charge in [0.1, 0.15) is 11.4 Å². The molecule has 3 amide bonds. The summed E-state index contributed by atoms with van der Waals surface area (Å²) in [6, 6.07) is 12.3. The van der Waals surface area contributed by atoms with E-state index in [1.165, 1.54) is 6.92 Å². The molecule has 1 atom stereocenters. The van der Waals surface area contributed by atoms with Crippen molar-refractivity contribution in [2.75, 3.05) is 5.32 Å². The molecule has 6 nitrogen and oxygen atoms in total. The van der Waals surface area contributed by atoms with Crippen LogP contribution < -0.4 is 5.32 Å². The molecule has 0 saturated carbocycles. The molecule has 0 bridgehead atoms. The summed E-state index contributed by atoms with van der Waals surface area (Å²) >= 11 is 1.02. The molecule has 0 spiro atoms. The van der Waals surface area contributed by atoms with Crippen LogP contribution in [0.1, 0.15) is 27.6 Å². The van der Waals surface area contributed by atoms with Crippen LogP contribution in [-0.2, 0) is 4.79 Å². The van der Waals surface area contributed by atoms with Gasteiger partial charge in [-0.2, -0.15) is 5.26 Å². The van der Waals surface area contributed by atoms with E-state index in [1.807, 2.05) is 5.40 Å². The van der Waals surface area contributed by atoms with Gasteiger partial charge < -0.3 is 5.32 Å². The van der Waals surface area contributed by atoms with Crippen molar-refractivity contribution < 1.29 is 14.4 Å². The number of fused-ring (bicyclic) bond motifs is 1. The molecule has 0 aliphatic carbocycles. The molecule has 2 aromatic carbocycles. The summed E-state index contributed by atoms with van der Waals surface area (Å²) in [6.07, 6.45) is 0. The van der Waals surface area contributed by atoms with Crippen molar-refractivity contribution in [1.29, 1.82) is 5.26 Å². The topological polar surface area (TPSA) is 90.3 Å². The third kappa shape index (κ3) is 3.12. The Bertz CT molecular complexity index is 868. The van der Waals surface area contributed by atoms with Crippen molar-refractivity contribution in [2.24, 2.45) is 0 Å². The maximum absolute atomic E-state index is 12.4. The summed E-state index contributed by atoms with van der Waals surface area (Å²) < 4.78 is 0. The van der Waals surface area contributed by atoms with E-state index in [9.17, 15) is 14.4 Å². The van der Waals surface area contributed by atoms with Gasteiger partial charge in [-0.25, -0.2) is 0 Å². The summed E-state index contributed by atoms with van der Waals surface area (Å²) in [6.45, 7) is 1.51. The number of thiocyanates is 1. The molecule has 1 aliphatic rings. The summed E-state index contributed by atoms with van der Waals surface area (Å²) in [5, 5.41) is 13.3. The first-order valence-corrected chi connectivity index (χ1v) is 8.28. The predicted molar refractivity (Wildman–Crippen MR) is 92.9 cm³/mol. The molecule has 3 rings (SSSR count). The van der Waals surface area contributed by atoms with E-state index < -0.39 is 23.8 Å². The van der Waals surface area contributed by atoms with Crippen LogP contribution in [0.4, 0.5) is 5.69 Å². The zero-order valence-electron chi connectivity index (χ0n) is 13.2. The number of nitrogens with zero attached hydrogens (tertiary/aromatic N) is 2. The number of imide groups is 1. The van der Waals surface area contributed by atoms with Crippen molar-refractivity contribution in [3.05, 3.63) is 59.7 Å². The molecule has 25 heavy (non-hydrogen) atoms. The molecular formula is C18H13N3O3S. The van der Waals surface area contributed by atoms with E-state index in [0.717, 1.165) is 21.6 Å². The zero-order chi connectivity index (χ0) is 18.0. The van der Waals surface area contributed by atoms with E-state index >= 15 is 0 Å². The molecule has 1 N–H and O–H groups in total. The first-order valence-electron chi connectivity index (χ1n) is 7.46. The van der Waals surface area contributed by atoms with Gasteiger partial charge in [0.2, 0.25) is 5.91 Å². The smallest absolute Gasteiger partial charge is 0.262 e. The van der Waals surface area contributed by atoms with Gasteiger partial charge in [-0.3, -0.25) is 19.3 Å². The number of nitrogens with one attached hydrogen (secondary N) is 1. The van der Waals surface area contributed by atoms with Gasteiger partial charge in [0.25, 0.3) is 11.8 Å². The third-order valence-corrected chi connectivity index (χ3v) is 4.48. The quantitative estimate of drug-likeness (QED) is 0.520. The molecule has 7 heteroatoms. The number of carbonyl (C=O) groups excluding carboxylic acids is 3. The van der Waals surface area contributed by atoms with E-state index in [-0.39, 0.29) is 0 Å². The lowest BCUT2D eigenvalue weighted by atomic mass is 10.1. The first kappa shape index (κ1) is 16.7. The van der Waals surface area contributed by atoms with Crippen LogP contribution >= 0.6 is 11.8 Å². The standard InChI is InChI=1S/C18H13N3O3S/c1-11(16(22)20-12-6-8-13(9-7-12)25-10-19)21-17(23)14-4-2-3-5-15(14)18(21)24/h2-9,11H,1H3,(H,20,22). The van der Waals surface area contributed by atoms with Crippen LogP contribution in [-0.4, -0.2) is 28.7 Å². The van der Waals surface area contributed by atoms with Crippen molar-refractivity contribution in [2.45, 2.75) is 17.9 Å². The van der Waals surface area contributed by atoms with E-state index in [1.54, 1.807) is 48.5 Å². The van der Waals surface area contributed by atoms with Crippen LogP contribution in [0.3, 0.4) is 0 Å². The number of hydrogen-bond donors (Lipinski definition) is 1. The highest BCUT2D eigenvalue weighted by atomic mass is 32.2. The van der Waals surface area contributed by atoms with Gasteiger partial charge in [0, 0.05) is 10.6 Å². The molecule has 1 unspecified atom stereocenters. The minimum Gasteiger partial charge on any atom is -0.324 e. The molecular weight excluding hydrogens is 338 g/mol. The number of hydrogen-bond acceptors (Lipinski definition) is 5. The number of rotatable bonds is 4. The minimum atomic E-state index is -0.944. The number of thioether (sulfide) groups is 1. The van der Waals surface area contributed by atoms with Crippen LogP contribution in [0, 0.1) is 10.7 Å². The number of anilines is 1. The van der Waals surface area contributed by atoms with Crippen LogP contribution in [0.5, 0.6) is 0 Å². The van der Waals surface area contributed by atoms with Gasteiger partial charge in [-0.15, -0.1) is 0 Å². The Morgan fingerprint density at radius 2 is 1.64 bits per heavy atom. The predicted octanol–water partition coefficient (Wildman–Crippen LogP) is 2.88. The molecule has 2 aromatic rings. The first-order chi connectivity index (χ1) is 12.0. The highest BCUT2D eigenvalue weighted by molar-refractivity contribution is 8.03. The summed E-state index contributed by atoms with van der Waals surface area (Å²) in [5.74, 6) is -1.40. The Hall–Kier alpha value is -3.11. The second kappa shape index (κ2) is 6.79. The third-order valence-electron chi connectivity index (χ3n) is 3.88. The fourth-order valence-electron chi connectivity index (χ4n) is 2.58. The fourth-order valence-corrected chi connectivity index (χ4v) is 2.96. The summed E-state index contributed by atoms with van der Waals surface area (Å²) in [5.41, 5.74) is 1.14. The lowest BCUT2D eigenvalue weighted by Gasteiger charge is -2.21. The molecule has 124 valence electrons. The van der Waals surface area contributed by atoms with Crippen molar-refractivity contribution in [3.63, 3.8) is 0 Å². The minimum absolute atomic E-state index is 0.310. The zero-order valence-corrected chi connectivity index (χ0v) is 14.0. The lowest BCUT2D eigenvalue weighted by Crippen LogP contribution is -2.45. The molecule has 1 heterocycles. The largest absolute Gasteiger partial charge is 0.324 e. The van der Waals surface area contributed by atoms with E-state index in [2.05, 4.69) is 5.32 Å². The second-order valence-corrected chi connectivity index (χ2v) is 6.27. The average Bonchev–Trinajstić information content (AvgIpc) is 2.87. The van der Waals surface area contributed by atoms with Gasteiger partial charge in [-0.1, -0.05) is 12.1 Å². The molecule has 0 fully saturated rings. The van der Waals surface area contributed by atoms with Crippen molar-refractivity contribution in [3.8, 4) is 5.40 Å². The van der Waals surface area contributed by atoms with Crippen LogP contribution in [0.2, 0.25) is 0 Å². The molecule has 0 saturated heterocycles. The Kier molecular flexibility index (Phi) is 4.55. The van der Waals surface area contributed by atoms with Gasteiger partial charge in [0.05, 0.1) is 11.1 Å². The number of nitriles is 1. The van der Waals surface area contributed by atoms with E-state index in [0.29, 0.717) is 16.8 Å².